The topological polar surface area (TPSA) is 9.72 Å². The highest BCUT2D eigenvalue weighted by Crippen LogP contribution is 2.61. The van der Waals surface area contributed by atoms with E-state index in [1.54, 1.807) is 0 Å². The lowest BCUT2D eigenvalue weighted by atomic mass is 9.33. The van der Waals surface area contributed by atoms with E-state index in [2.05, 4.69) is 217 Å². The van der Waals surface area contributed by atoms with E-state index in [1.165, 1.54) is 130 Å². The average Bonchev–Trinajstić information content (AvgIpc) is 3.74. The van der Waals surface area contributed by atoms with Crippen molar-refractivity contribution in [1.82, 2.24) is 0 Å². The molecule has 0 amide bonds. The Balaban J connectivity index is 1.14. The number of anilines is 8. The van der Waals surface area contributed by atoms with Crippen LogP contribution in [0.4, 0.5) is 45.5 Å². The summed E-state index contributed by atoms with van der Waals surface area (Å²) in [5.74, 6) is 0. The predicted octanol–water partition coefficient (Wildman–Crippen LogP) is 14.8. The Morgan fingerprint density at radius 2 is 1.16 bits per heavy atom. The second kappa shape index (κ2) is 13.6. The summed E-state index contributed by atoms with van der Waals surface area (Å²) in [6.45, 7) is 21.4. The Bertz CT molecular complexity index is 3220. The Morgan fingerprint density at radius 1 is 0.516 bits per heavy atom. The van der Waals surface area contributed by atoms with Gasteiger partial charge in [-0.3, -0.25) is 0 Å². The first kappa shape index (κ1) is 39.8. The molecular weight excluding hydrogens is 794 g/mol. The van der Waals surface area contributed by atoms with Crippen LogP contribution in [-0.2, 0) is 16.2 Å². The summed E-state index contributed by atoms with van der Waals surface area (Å²) in [6.07, 6.45) is 4.91. The van der Waals surface area contributed by atoms with E-state index in [0.29, 0.717) is 0 Å². The number of hydrogen-bond donors (Lipinski definition) is 0. The third-order valence-electron chi connectivity index (χ3n) is 15.9. The van der Waals surface area contributed by atoms with E-state index in [9.17, 15) is 0 Å². The summed E-state index contributed by atoms with van der Waals surface area (Å²) in [4.78, 5) is 7.95. The van der Waals surface area contributed by atoms with Gasteiger partial charge >= 0.3 is 0 Å². The van der Waals surface area contributed by atoms with Crippen LogP contribution < -0.4 is 31.1 Å². The Labute approximate surface area is 384 Å². The number of fused-ring (bicyclic) bond motifs is 10. The van der Waals surface area contributed by atoms with Crippen molar-refractivity contribution in [2.45, 2.75) is 110 Å². The Hall–Kier alpha value is -5.78. The van der Waals surface area contributed by atoms with E-state index in [1.807, 2.05) is 11.3 Å². The van der Waals surface area contributed by atoms with E-state index >= 15 is 0 Å². The molecule has 0 radical (unpaired) electrons. The third-order valence-corrected chi connectivity index (χ3v) is 17.1. The highest BCUT2D eigenvalue weighted by molar-refractivity contribution is 7.25. The minimum absolute atomic E-state index is 0.0110. The lowest BCUT2D eigenvalue weighted by molar-refractivity contribution is 0.195. The van der Waals surface area contributed by atoms with Crippen LogP contribution in [0.25, 0.3) is 20.2 Å². The molecule has 2 atom stereocenters. The van der Waals surface area contributed by atoms with Crippen LogP contribution in [0.1, 0.15) is 103 Å². The maximum atomic E-state index is 2.75. The molecule has 1 fully saturated rings. The van der Waals surface area contributed by atoms with Crippen LogP contribution in [0.15, 0.2) is 140 Å². The molecular formula is C59H58BN3S. The quantitative estimate of drug-likeness (QED) is 0.164. The number of thiophene rings is 1. The maximum Gasteiger partial charge on any atom is 0.252 e. The van der Waals surface area contributed by atoms with Crippen LogP contribution in [0.5, 0.6) is 0 Å². The van der Waals surface area contributed by atoms with Gasteiger partial charge in [0.2, 0.25) is 0 Å². The molecule has 5 heteroatoms. The van der Waals surface area contributed by atoms with Crippen LogP contribution >= 0.6 is 11.3 Å². The Morgan fingerprint density at radius 3 is 1.92 bits per heavy atom. The number of nitrogens with zero attached hydrogens (tertiary/aromatic N) is 3. The van der Waals surface area contributed by atoms with Gasteiger partial charge in [-0.1, -0.05) is 134 Å². The van der Waals surface area contributed by atoms with E-state index in [-0.39, 0.29) is 28.5 Å². The molecule has 12 rings (SSSR count). The molecule has 1 aromatic heterocycles. The van der Waals surface area contributed by atoms with Crippen molar-refractivity contribution < 1.29 is 0 Å². The van der Waals surface area contributed by atoms with Gasteiger partial charge < -0.3 is 14.7 Å². The summed E-state index contributed by atoms with van der Waals surface area (Å²) >= 11 is 1.90. The predicted molar refractivity (Wildman–Crippen MR) is 278 cm³/mol. The minimum atomic E-state index is -0.0393. The lowest BCUT2D eigenvalue weighted by Crippen LogP contribution is -2.61. The van der Waals surface area contributed by atoms with Crippen LogP contribution in [0, 0.1) is 6.92 Å². The number of rotatable bonds is 3. The molecule has 3 aliphatic heterocycles. The van der Waals surface area contributed by atoms with Gasteiger partial charge in [-0.25, -0.2) is 0 Å². The summed E-state index contributed by atoms with van der Waals surface area (Å²) < 4.78 is 2.65. The number of hydrogen-bond acceptors (Lipinski definition) is 4. The molecule has 7 aromatic carbocycles. The third kappa shape index (κ3) is 5.58. The van der Waals surface area contributed by atoms with Gasteiger partial charge in [0.15, 0.2) is 0 Å². The van der Waals surface area contributed by atoms with Crippen molar-refractivity contribution >= 4 is 100 Å². The number of para-hydroxylation sites is 1. The first-order valence-electron chi connectivity index (χ1n) is 23.6. The van der Waals surface area contributed by atoms with Crippen LogP contribution in [-0.4, -0.2) is 12.3 Å². The normalized spacial score (nSPS) is 20.0. The first-order chi connectivity index (χ1) is 30.6. The van der Waals surface area contributed by atoms with Gasteiger partial charge in [0, 0.05) is 71.1 Å². The van der Waals surface area contributed by atoms with Gasteiger partial charge in [-0.15, -0.1) is 11.3 Å². The fraction of sp³-hybridized carbons (Fsp3) is 0.288. The fourth-order valence-corrected chi connectivity index (χ4v) is 13.5. The van der Waals surface area contributed by atoms with E-state index in [4.69, 9.17) is 0 Å². The van der Waals surface area contributed by atoms with E-state index in [0.717, 1.165) is 0 Å². The lowest BCUT2D eigenvalue weighted by Gasteiger charge is -2.50. The molecule has 0 bridgehead atoms. The number of benzene rings is 7. The van der Waals surface area contributed by atoms with Crippen LogP contribution in [0.2, 0.25) is 0 Å². The monoisotopic (exact) mass is 851 g/mol. The second-order valence-corrected chi connectivity index (χ2v) is 22.9. The van der Waals surface area contributed by atoms with Crippen molar-refractivity contribution in [2.75, 3.05) is 14.7 Å². The summed E-state index contributed by atoms with van der Waals surface area (Å²) in [7, 11) is 0. The van der Waals surface area contributed by atoms with Crippen molar-refractivity contribution in [2.24, 2.45) is 0 Å². The molecule has 0 N–H and O–H groups in total. The second-order valence-electron chi connectivity index (χ2n) is 21.8. The zero-order chi connectivity index (χ0) is 44.1. The highest BCUT2D eigenvalue weighted by atomic mass is 32.1. The molecule has 0 spiro atoms. The first-order valence-corrected chi connectivity index (χ1v) is 24.4. The van der Waals surface area contributed by atoms with Gasteiger partial charge in [0.1, 0.15) is 0 Å². The average molecular weight is 852 g/mol. The zero-order valence-electron chi connectivity index (χ0n) is 38.9. The molecule has 2 unspecified atom stereocenters. The maximum absolute atomic E-state index is 2.75. The highest BCUT2D eigenvalue weighted by Gasteiger charge is 2.57. The van der Waals surface area contributed by atoms with Gasteiger partial charge in [-0.05, 0) is 143 Å². The zero-order valence-corrected chi connectivity index (χ0v) is 39.8. The minimum Gasteiger partial charge on any atom is -0.334 e. The summed E-state index contributed by atoms with van der Waals surface area (Å²) in [5, 5.41) is 2.66. The van der Waals surface area contributed by atoms with Gasteiger partial charge in [-0.2, -0.15) is 0 Å². The summed E-state index contributed by atoms with van der Waals surface area (Å²) in [5.41, 5.74) is 19.8. The SMILES string of the molecule is Cc1cc2c3c(c1)N(c1ccc4c(c1)sc1ccccc14)c1cc(N4c5ccccc5C5(C)CCCCC45C)ccc1B3c1cc(C(C)(C)C)ccc1N2c1ccc(C(C)(C)C)cc1. The van der Waals surface area contributed by atoms with E-state index < -0.39 is 0 Å². The number of aryl methyl sites for hydroxylation is 1. The summed E-state index contributed by atoms with van der Waals surface area (Å²) in [6, 6.07) is 54.6. The molecule has 318 valence electrons. The Kier molecular flexibility index (Phi) is 8.47. The van der Waals surface area contributed by atoms with Crippen molar-refractivity contribution in [3.05, 3.63) is 162 Å². The smallest absolute Gasteiger partial charge is 0.252 e. The van der Waals surface area contributed by atoms with Crippen molar-refractivity contribution in [3.8, 4) is 0 Å². The fourth-order valence-electron chi connectivity index (χ4n) is 12.4. The molecule has 64 heavy (non-hydrogen) atoms. The van der Waals surface area contributed by atoms with Crippen molar-refractivity contribution in [3.63, 3.8) is 0 Å². The van der Waals surface area contributed by atoms with Crippen molar-refractivity contribution in [1.29, 1.82) is 0 Å². The molecule has 0 saturated heterocycles. The van der Waals surface area contributed by atoms with Gasteiger partial charge in [0.05, 0.1) is 5.54 Å². The molecule has 4 aliphatic rings. The molecule has 4 heterocycles. The van der Waals surface area contributed by atoms with Crippen LogP contribution in [0.3, 0.4) is 0 Å². The molecule has 3 nitrogen and oxygen atoms in total. The molecule has 1 aliphatic carbocycles. The van der Waals surface area contributed by atoms with Gasteiger partial charge in [0.25, 0.3) is 6.71 Å². The molecule has 1 saturated carbocycles. The largest absolute Gasteiger partial charge is 0.334 e. The molecule has 8 aromatic rings. The standard InChI is InChI=1S/C59H58BN3S/c1-37-32-51-55-52(33-37)62(41-25-27-44-43-16-10-13-19-53(43)64-54(44)36-41)50-35-42(63-48-18-12-11-17-45(48)58(8)30-14-15-31-59(58,63)9)26-28-46(50)60(55)47-34-39(57(5,6)7)22-29-49(47)61(51)40-23-20-38(21-24-40)56(2,3)4/h10-13,16-29,32-36H,14-15,30-31H2,1-9H3.